The number of hydrogen-bond donors (Lipinski definition) is 0. The van der Waals surface area contributed by atoms with Gasteiger partial charge in [-0.05, 0) is 30.3 Å². The average Bonchev–Trinajstić information content (AvgIpc) is 2.40. The van der Waals surface area contributed by atoms with Crippen LogP contribution in [-0.2, 0) is 0 Å². The Labute approximate surface area is 121 Å². The lowest BCUT2D eigenvalue weighted by molar-refractivity contribution is -0.274. The number of benzene rings is 2. The first-order chi connectivity index (χ1) is 9.78. The second-order valence-electron chi connectivity index (χ2n) is 4.00. The summed E-state index contributed by atoms with van der Waals surface area (Å²) in [4.78, 5) is 12.2. The number of hydrogen-bond acceptors (Lipinski definition) is 2. The van der Waals surface area contributed by atoms with E-state index in [0.717, 1.165) is 24.3 Å². The minimum atomic E-state index is -4.93. The molecule has 0 aliphatic heterocycles. The number of rotatable bonds is 3. The van der Waals surface area contributed by atoms with Crippen LogP contribution in [0, 0.1) is 5.82 Å². The Bertz CT molecular complexity index is 683. The molecule has 2 nitrogen and oxygen atoms in total. The Hall–Kier alpha value is -2.08. The molecule has 110 valence electrons. The Kier molecular flexibility index (Phi) is 4.18. The van der Waals surface area contributed by atoms with E-state index < -0.39 is 23.7 Å². The number of alkyl halides is 3. The lowest BCUT2D eigenvalue weighted by Crippen LogP contribution is -2.19. The van der Waals surface area contributed by atoms with Crippen molar-refractivity contribution < 1.29 is 27.1 Å². The lowest BCUT2D eigenvalue weighted by atomic mass is 10.0. The standard InChI is InChI=1S/C14H7ClF4O2/c15-10-6-5-8(7-11(10)16)13(20)9-3-1-2-4-12(9)21-14(17,18)19/h1-7H. The molecule has 2 aromatic carbocycles. The summed E-state index contributed by atoms with van der Waals surface area (Å²) in [6.45, 7) is 0. The lowest BCUT2D eigenvalue weighted by Gasteiger charge is -2.12. The fraction of sp³-hybridized carbons (Fsp3) is 0.0714. The molecule has 2 aromatic rings. The largest absolute Gasteiger partial charge is 0.573 e. The zero-order valence-electron chi connectivity index (χ0n) is 10.2. The van der Waals surface area contributed by atoms with Gasteiger partial charge >= 0.3 is 6.36 Å². The Balaban J connectivity index is 2.41. The molecule has 2 rings (SSSR count). The van der Waals surface area contributed by atoms with E-state index >= 15 is 0 Å². The summed E-state index contributed by atoms with van der Waals surface area (Å²) in [6, 6.07) is 8.07. The summed E-state index contributed by atoms with van der Waals surface area (Å²) in [6.07, 6.45) is -4.93. The smallest absolute Gasteiger partial charge is 0.405 e. The van der Waals surface area contributed by atoms with E-state index in [2.05, 4.69) is 4.74 Å². The normalized spacial score (nSPS) is 11.3. The van der Waals surface area contributed by atoms with E-state index in [9.17, 15) is 22.4 Å². The maximum atomic E-state index is 13.3. The molecular formula is C14H7ClF4O2. The first kappa shape index (κ1) is 15.3. The molecule has 0 unspecified atom stereocenters. The Morgan fingerprint density at radius 3 is 2.38 bits per heavy atom. The third kappa shape index (κ3) is 3.72. The third-order valence-corrected chi connectivity index (χ3v) is 2.85. The van der Waals surface area contributed by atoms with Gasteiger partial charge in [0.25, 0.3) is 0 Å². The number of ether oxygens (including phenoxy) is 1. The molecule has 0 aliphatic carbocycles. The van der Waals surface area contributed by atoms with Gasteiger partial charge in [0.15, 0.2) is 5.78 Å². The van der Waals surface area contributed by atoms with E-state index in [1.807, 2.05) is 0 Å². The number of carbonyl (C=O) groups is 1. The number of para-hydroxylation sites is 1. The van der Waals surface area contributed by atoms with E-state index in [1.54, 1.807) is 0 Å². The van der Waals surface area contributed by atoms with Crippen molar-refractivity contribution in [2.24, 2.45) is 0 Å². The van der Waals surface area contributed by atoms with Crippen LogP contribution in [0.4, 0.5) is 17.6 Å². The maximum absolute atomic E-state index is 13.3. The van der Waals surface area contributed by atoms with Crippen LogP contribution in [0.25, 0.3) is 0 Å². The zero-order chi connectivity index (χ0) is 15.6. The fourth-order valence-corrected chi connectivity index (χ4v) is 1.78. The summed E-state index contributed by atoms with van der Waals surface area (Å²) < 4.78 is 54.0. The van der Waals surface area contributed by atoms with Crippen LogP contribution in [-0.4, -0.2) is 12.1 Å². The van der Waals surface area contributed by atoms with Crippen molar-refractivity contribution >= 4 is 17.4 Å². The molecule has 0 aromatic heterocycles. The highest BCUT2D eigenvalue weighted by Crippen LogP contribution is 2.28. The fourth-order valence-electron chi connectivity index (χ4n) is 1.66. The quantitative estimate of drug-likeness (QED) is 0.610. The van der Waals surface area contributed by atoms with Crippen LogP contribution in [0.5, 0.6) is 5.75 Å². The van der Waals surface area contributed by atoms with Crippen LogP contribution in [0.1, 0.15) is 15.9 Å². The van der Waals surface area contributed by atoms with Crippen molar-refractivity contribution in [3.05, 3.63) is 64.4 Å². The highest BCUT2D eigenvalue weighted by atomic mass is 35.5. The van der Waals surface area contributed by atoms with Crippen LogP contribution in [0.3, 0.4) is 0 Å². The summed E-state index contributed by atoms with van der Waals surface area (Å²) in [5.74, 6) is -2.28. The summed E-state index contributed by atoms with van der Waals surface area (Å²) in [5, 5.41) is -0.189. The first-order valence-corrected chi connectivity index (χ1v) is 6.00. The molecule has 7 heteroatoms. The minimum absolute atomic E-state index is 0.130. The SMILES string of the molecule is O=C(c1ccc(Cl)c(F)c1)c1ccccc1OC(F)(F)F. The highest BCUT2D eigenvalue weighted by Gasteiger charge is 2.33. The minimum Gasteiger partial charge on any atom is -0.405 e. The molecule has 0 aliphatic rings. The number of carbonyl (C=O) groups excluding carboxylic acids is 1. The van der Waals surface area contributed by atoms with Crippen molar-refractivity contribution in [2.75, 3.05) is 0 Å². The van der Waals surface area contributed by atoms with Gasteiger partial charge in [-0.2, -0.15) is 0 Å². The zero-order valence-corrected chi connectivity index (χ0v) is 11.0. The molecule has 0 amide bonds. The van der Waals surface area contributed by atoms with Gasteiger partial charge in [0.05, 0.1) is 10.6 Å². The van der Waals surface area contributed by atoms with Crippen molar-refractivity contribution in [1.82, 2.24) is 0 Å². The van der Waals surface area contributed by atoms with Crippen molar-refractivity contribution in [3.63, 3.8) is 0 Å². The van der Waals surface area contributed by atoms with Crippen molar-refractivity contribution in [2.45, 2.75) is 6.36 Å². The molecule has 0 saturated carbocycles. The summed E-state index contributed by atoms with van der Waals surface area (Å²) in [5.41, 5.74) is -0.452. The van der Waals surface area contributed by atoms with Gasteiger partial charge in [0.2, 0.25) is 0 Å². The van der Waals surface area contributed by atoms with E-state index in [0.29, 0.717) is 0 Å². The Morgan fingerprint density at radius 2 is 1.76 bits per heavy atom. The van der Waals surface area contributed by atoms with E-state index in [-0.39, 0.29) is 16.1 Å². The maximum Gasteiger partial charge on any atom is 0.573 e. The monoisotopic (exact) mass is 318 g/mol. The van der Waals surface area contributed by atoms with E-state index in [1.165, 1.54) is 18.2 Å². The molecule has 0 atom stereocenters. The predicted octanol–water partition coefficient (Wildman–Crippen LogP) is 4.61. The van der Waals surface area contributed by atoms with Gasteiger partial charge in [-0.25, -0.2) is 4.39 Å². The van der Waals surface area contributed by atoms with Gasteiger partial charge in [0, 0.05) is 5.56 Å². The predicted molar refractivity (Wildman–Crippen MR) is 68.0 cm³/mol. The van der Waals surface area contributed by atoms with Crippen LogP contribution >= 0.6 is 11.6 Å². The van der Waals surface area contributed by atoms with Crippen molar-refractivity contribution in [1.29, 1.82) is 0 Å². The summed E-state index contributed by atoms with van der Waals surface area (Å²) in [7, 11) is 0. The molecule has 0 saturated heterocycles. The highest BCUT2D eigenvalue weighted by molar-refractivity contribution is 6.30. The molecule has 0 fully saturated rings. The van der Waals surface area contributed by atoms with Crippen LogP contribution < -0.4 is 4.74 Å². The van der Waals surface area contributed by atoms with Gasteiger partial charge in [-0.3, -0.25) is 4.79 Å². The van der Waals surface area contributed by atoms with Gasteiger partial charge in [-0.1, -0.05) is 23.7 Å². The van der Waals surface area contributed by atoms with E-state index in [4.69, 9.17) is 11.6 Å². The molecule has 21 heavy (non-hydrogen) atoms. The second kappa shape index (κ2) is 5.73. The second-order valence-corrected chi connectivity index (χ2v) is 4.41. The average molecular weight is 319 g/mol. The third-order valence-electron chi connectivity index (χ3n) is 2.54. The summed E-state index contributed by atoms with van der Waals surface area (Å²) >= 11 is 5.49. The molecule has 0 bridgehead atoms. The van der Waals surface area contributed by atoms with Crippen LogP contribution in [0.2, 0.25) is 5.02 Å². The van der Waals surface area contributed by atoms with Crippen LogP contribution in [0.15, 0.2) is 42.5 Å². The molecule has 0 spiro atoms. The van der Waals surface area contributed by atoms with Gasteiger partial charge < -0.3 is 4.74 Å². The van der Waals surface area contributed by atoms with Gasteiger partial charge in [-0.15, -0.1) is 13.2 Å². The molecule has 0 heterocycles. The van der Waals surface area contributed by atoms with Crippen molar-refractivity contribution in [3.8, 4) is 5.75 Å². The molecular weight excluding hydrogens is 312 g/mol. The number of halogens is 5. The molecule has 0 N–H and O–H groups in total. The van der Waals surface area contributed by atoms with Gasteiger partial charge in [0.1, 0.15) is 11.6 Å². The first-order valence-electron chi connectivity index (χ1n) is 5.62. The molecule has 0 radical (unpaired) electrons. The number of ketones is 1. The Morgan fingerprint density at radius 1 is 1.10 bits per heavy atom. The topological polar surface area (TPSA) is 26.3 Å².